The lowest BCUT2D eigenvalue weighted by Crippen LogP contribution is -2.49. The van der Waals surface area contributed by atoms with E-state index in [-0.39, 0.29) is 5.65 Å². The molecule has 1 saturated heterocycles. The lowest BCUT2D eigenvalue weighted by Gasteiger charge is -2.35. The normalized spacial score (nSPS) is 16.9. The Morgan fingerprint density at radius 2 is 2.23 bits per heavy atom. The standard InChI is InChI=1S/C22H26FN7O/c1-13-10-29(7-6-26-13)19-5-4-16(20(24)17(19)9-25-3)22(31)28-15-8-18(23)21-27-14(2)11-30(21)12-15/h4-5,8-9,11-13,26H,6-7,10,24H2,1-3H3,(H,28,31). The van der Waals surface area contributed by atoms with Crippen molar-refractivity contribution in [2.75, 3.05) is 42.6 Å². The molecule has 2 aromatic heterocycles. The van der Waals surface area contributed by atoms with Crippen LogP contribution < -0.4 is 21.3 Å². The molecule has 31 heavy (non-hydrogen) atoms. The van der Waals surface area contributed by atoms with Crippen LogP contribution in [-0.4, -0.2) is 54.2 Å². The zero-order valence-corrected chi connectivity index (χ0v) is 17.8. The number of carbonyl (C=O) groups excluding carboxylic acids is 1. The Bertz CT molecular complexity index is 1170. The van der Waals surface area contributed by atoms with Gasteiger partial charge in [-0.2, -0.15) is 0 Å². The van der Waals surface area contributed by atoms with Crippen LogP contribution in [0, 0.1) is 12.7 Å². The van der Waals surface area contributed by atoms with Gasteiger partial charge in [-0.3, -0.25) is 9.79 Å². The summed E-state index contributed by atoms with van der Waals surface area (Å²) in [4.78, 5) is 23.5. The number of pyridine rings is 1. The summed E-state index contributed by atoms with van der Waals surface area (Å²) in [7, 11) is 1.67. The van der Waals surface area contributed by atoms with Crippen molar-refractivity contribution in [1.29, 1.82) is 0 Å². The Morgan fingerprint density at radius 3 is 2.97 bits per heavy atom. The zero-order valence-electron chi connectivity index (χ0n) is 17.8. The first-order valence-corrected chi connectivity index (χ1v) is 10.2. The number of aromatic nitrogens is 2. The van der Waals surface area contributed by atoms with Gasteiger partial charge in [0.15, 0.2) is 11.5 Å². The molecule has 4 rings (SSSR count). The summed E-state index contributed by atoms with van der Waals surface area (Å²) in [6, 6.07) is 5.20. The second-order valence-corrected chi connectivity index (χ2v) is 7.79. The maximum atomic E-state index is 14.4. The Morgan fingerprint density at radius 1 is 1.42 bits per heavy atom. The fourth-order valence-electron chi connectivity index (χ4n) is 3.96. The van der Waals surface area contributed by atoms with Gasteiger partial charge < -0.3 is 25.7 Å². The van der Waals surface area contributed by atoms with Gasteiger partial charge in [0.05, 0.1) is 22.6 Å². The number of hydrogen-bond donors (Lipinski definition) is 3. The molecule has 1 unspecified atom stereocenters. The van der Waals surface area contributed by atoms with E-state index in [2.05, 4.69) is 32.4 Å². The average molecular weight is 423 g/mol. The van der Waals surface area contributed by atoms with E-state index in [0.29, 0.717) is 34.2 Å². The highest BCUT2D eigenvalue weighted by molar-refractivity contribution is 6.11. The summed E-state index contributed by atoms with van der Waals surface area (Å²) in [6.07, 6.45) is 4.99. The van der Waals surface area contributed by atoms with E-state index in [1.54, 1.807) is 43.0 Å². The van der Waals surface area contributed by atoms with E-state index in [9.17, 15) is 9.18 Å². The number of fused-ring (bicyclic) bond motifs is 1. The molecule has 1 fully saturated rings. The van der Waals surface area contributed by atoms with Gasteiger partial charge in [0.2, 0.25) is 0 Å². The number of aryl methyl sites for hydroxylation is 1. The van der Waals surface area contributed by atoms with Crippen LogP contribution in [0.25, 0.3) is 5.65 Å². The number of benzene rings is 1. The summed E-state index contributed by atoms with van der Waals surface area (Å²) < 4.78 is 15.9. The number of halogens is 1. The summed E-state index contributed by atoms with van der Waals surface area (Å²) in [5.41, 5.74) is 9.92. The number of amides is 1. The molecule has 9 heteroatoms. The first-order valence-electron chi connectivity index (χ1n) is 10.2. The van der Waals surface area contributed by atoms with E-state index in [4.69, 9.17) is 5.73 Å². The highest BCUT2D eigenvalue weighted by Gasteiger charge is 2.22. The number of carbonyl (C=O) groups is 1. The molecule has 0 aliphatic carbocycles. The number of rotatable bonds is 4. The van der Waals surface area contributed by atoms with Crippen LogP contribution >= 0.6 is 0 Å². The number of anilines is 3. The molecule has 1 aliphatic heterocycles. The van der Waals surface area contributed by atoms with Crippen molar-refractivity contribution < 1.29 is 9.18 Å². The number of hydrogen-bond acceptors (Lipinski definition) is 6. The monoisotopic (exact) mass is 423 g/mol. The average Bonchev–Trinajstić information content (AvgIpc) is 3.10. The largest absolute Gasteiger partial charge is 0.397 e. The van der Waals surface area contributed by atoms with Crippen molar-refractivity contribution in [3.05, 3.63) is 53.2 Å². The fraction of sp³-hybridized carbons (Fsp3) is 0.318. The minimum atomic E-state index is -0.513. The minimum Gasteiger partial charge on any atom is -0.397 e. The van der Waals surface area contributed by atoms with Crippen LogP contribution in [0.1, 0.15) is 28.5 Å². The number of piperazine rings is 1. The topological polar surface area (TPSA) is 100 Å². The molecular formula is C22H26FN7O. The number of nitrogens with zero attached hydrogens (tertiary/aromatic N) is 4. The van der Waals surface area contributed by atoms with Crippen LogP contribution in [-0.2, 0) is 0 Å². The van der Waals surface area contributed by atoms with Gasteiger partial charge in [-0.1, -0.05) is 0 Å². The van der Waals surface area contributed by atoms with E-state index in [0.717, 1.165) is 25.3 Å². The molecule has 8 nitrogen and oxygen atoms in total. The van der Waals surface area contributed by atoms with E-state index < -0.39 is 11.7 Å². The lowest BCUT2D eigenvalue weighted by atomic mass is 10.0. The molecule has 1 amide bonds. The zero-order chi connectivity index (χ0) is 22.1. The van der Waals surface area contributed by atoms with Gasteiger partial charge in [0, 0.05) is 68.6 Å². The maximum absolute atomic E-state index is 14.4. The smallest absolute Gasteiger partial charge is 0.257 e. The Balaban J connectivity index is 1.66. The third-order valence-corrected chi connectivity index (χ3v) is 5.36. The summed E-state index contributed by atoms with van der Waals surface area (Å²) in [5, 5.41) is 6.16. The van der Waals surface area contributed by atoms with Crippen LogP contribution in [0.5, 0.6) is 0 Å². The molecule has 1 atom stereocenters. The minimum absolute atomic E-state index is 0.214. The molecule has 0 radical (unpaired) electrons. The predicted octanol–water partition coefficient (Wildman–Crippen LogP) is 2.46. The molecule has 162 valence electrons. The van der Waals surface area contributed by atoms with E-state index >= 15 is 0 Å². The van der Waals surface area contributed by atoms with Crippen LogP contribution in [0.3, 0.4) is 0 Å². The predicted molar refractivity (Wildman–Crippen MR) is 122 cm³/mol. The van der Waals surface area contributed by atoms with Gasteiger partial charge in [-0.25, -0.2) is 9.37 Å². The third kappa shape index (κ3) is 4.09. The summed E-state index contributed by atoms with van der Waals surface area (Å²) >= 11 is 0. The van der Waals surface area contributed by atoms with Crippen LogP contribution in [0.4, 0.5) is 21.5 Å². The SMILES string of the molecule is CN=Cc1c(N2CCNC(C)C2)ccc(C(=O)Nc2cc(F)c3nc(C)cn3c2)c1N. The molecule has 1 aliphatic rings. The van der Waals surface area contributed by atoms with E-state index in [1.807, 2.05) is 6.07 Å². The molecule has 0 bridgehead atoms. The van der Waals surface area contributed by atoms with Gasteiger partial charge in [-0.05, 0) is 26.0 Å². The summed E-state index contributed by atoms with van der Waals surface area (Å²) in [5.74, 6) is -0.931. The highest BCUT2D eigenvalue weighted by atomic mass is 19.1. The van der Waals surface area contributed by atoms with Crippen LogP contribution in [0.2, 0.25) is 0 Å². The van der Waals surface area contributed by atoms with Gasteiger partial charge in [0.25, 0.3) is 5.91 Å². The molecule has 4 N–H and O–H groups in total. The van der Waals surface area contributed by atoms with Crippen molar-refractivity contribution in [3.8, 4) is 0 Å². The lowest BCUT2D eigenvalue weighted by molar-refractivity contribution is 0.102. The number of nitrogens with two attached hydrogens (primary N) is 1. The van der Waals surface area contributed by atoms with Crippen molar-refractivity contribution >= 4 is 34.8 Å². The maximum Gasteiger partial charge on any atom is 0.257 e. The molecular weight excluding hydrogens is 397 g/mol. The first-order chi connectivity index (χ1) is 14.9. The van der Waals surface area contributed by atoms with Gasteiger partial charge in [0.1, 0.15) is 0 Å². The van der Waals surface area contributed by atoms with Gasteiger partial charge in [-0.15, -0.1) is 0 Å². The molecule has 1 aromatic carbocycles. The highest BCUT2D eigenvalue weighted by Crippen LogP contribution is 2.29. The first kappa shape index (κ1) is 20.8. The quantitative estimate of drug-likeness (QED) is 0.442. The molecule has 3 heterocycles. The Hall–Kier alpha value is -3.46. The fourth-order valence-corrected chi connectivity index (χ4v) is 3.96. The summed E-state index contributed by atoms with van der Waals surface area (Å²) in [6.45, 7) is 6.45. The van der Waals surface area contributed by atoms with Crippen molar-refractivity contribution in [2.24, 2.45) is 4.99 Å². The molecule has 3 aromatic rings. The van der Waals surface area contributed by atoms with Crippen molar-refractivity contribution in [2.45, 2.75) is 19.9 Å². The van der Waals surface area contributed by atoms with Crippen LogP contribution in [0.15, 0.2) is 35.6 Å². The number of imidazole rings is 1. The van der Waals surface area contributed by atoms with Crippen molar-refractivity contribution in [1.82, 2.24) is 14.7 Å². The van der Waals surface area contributed by atoms with Crippen molar-refractivity contribution in [3.63, 3.8) is 0 Å². The molecule has 0 saturated carbocycles. The Kier molecular flexibility index (Phi) is 5.60. The Labute approximate surface area is 180 Å². The number of nitrogens with one attached hydrogen (secondary N) is 2. The van der Waals surface area contributed by atoms with E-state index in [1.165, 1.54) is 6.07 Å². The second kappa shape index (κ2) is 8.35. The van der Waals surface area contributed by atoms with Gasteiger partial charge >= 0.3 is 0 Å². The number of nitrogen functional groups attached to an aromatic ring is 1. The number of aliphatic imine (C=N–C) groups is 1. The second-order valence-electron chi connectivity index (χ2n) is 7.79. The molecule has 0 spiro atoms. The third-order valence-electron chi connectivity index (χ3n) is 5.36.